The molecule has 0 fully saturated rings. The van der Waals surface area contributed by atoms with Gasteiger partial charge in [0.25, 0.3) is 0 Å². The molecule has 0 unspecified atom stereocenters. The van der Waals surface area contributed by atoms with Gasteiger partial charge in [-0.1, -0.05) is 68.4 Å². The highest BCUT2D eigenvalue weighted by Gasteiger charge is 2.38. The van der Waals surface area contributed by atoms with Gasteiger partial charge in [-0.05, 0) is 52.9 Å². The van der Waals surface area contributed by atoms with Crippen LogP contribution in [0, 0.1) is 5.92 Å². The monoisotopic (exact) mass is 587 g/mol. The first-order valence-corrected chi connectivity index (χ1v) is 14.4. The number of anilines is 1. The van der Waals surface area contributed by atoms with Crippen LogP contribution in [-0.2, 0) is 21.6 Å². The maximum absolute atomic E-state index is 12.5. The van der Waals surface area contributed by atoms with E-state index >= 15 is 0 Å². The van der Waals surface area contributed by atoms with Crippen LogP contribution in [0.5, 0.6) is 11.5 Å². The maximum Gasteiger partial charge on any atom is 0.349 e. The minimum atomic E-state index is -1.03. The van der Waals surface area contributed by atoms with Crippen molar-refractivity contribution in [2.75, 3.05) is 45.9 Å². The van der Waals surface area contributed by atoms with Crippen LogP contribution < -0.4 is 20.5 Å². The average Bonchev–Trinajstić information content (AvgIpc) is 3.05. The maximum atomic E-state index is 12.5. The number of nitrogens with one attached hydrogen (secondary N) is 1. The first-order valence-electron chi connectivity index (χ1n) is 14.4. The van der Waals surface area contributed by atoms with Crippen molar-refractivity contribution < 1.29 is 24.1 Å². The van der Waals surface area contributed by atoms with E-state index < -0.39 is 11.7 Å². The second kappa shape index (κ2) is 15.3. The summed E-state index contributed by atoms with van der Waals surface area (Å²) in [5, 5.41) is 13.4. The summed E-state index contributed by atoms with van der Waals surface area (Å²) in [5.41, 5.74) is 1.27. The number of methoxy groups -OCH3 is 2. The number of benzene rings is 3. The molecule has 0 spiro atoms. The standard InChI is InChI=1S/C34H41N3O6/c1-25(2)22-35-32-18-19-37(33(39)36-32)20-21-42-31(23-38)24-43-34(26-8-6-5-7-9-26,27-10-14-29(40-3)15-11-27)28-12-16-30(41-4)17-13-28/h5-19,25,31,38H,20-24H2,1-4H3,(H,35,36,39)/t31-/m0/s1. The fourth-order valence-corrected chi connectivity index (χ4v) is 4.77. The van der Waals surface area contributed by atoms with Crippen LogP contribution in [0.3, 0.4) is 0 Å². The zero-order valence-corrected chi connectivity index (χ0v) is 25.2. The third kappa shape index (κ3) is 8.01. The molecule has 4 rings (SSSR count). The predicted octanol–water partition coefficient (Wildman–Crippen LogP) is 4.71. The SMILES string of the molecule is COc1ccc(C(OC[C@H](CO)OCCn2ccc(NCC(C)C)nc2=O)(c2ccccc2)c2ccc(OC)cc2)cc1. The lowest BCUT2D eigenvalue weighted by Gasteiger charge is -2.37. The van der Waals surface area contributed by atoms with Crippen LogP contribution in [0.4, 0.5) is 5.82 Å². The first kappa shape index (κ1) is 31.7. The molecule has 0 radical (unpaired) electrons. The fourth-order valence-electron chi connectivity index (χ4n) is 4.77. The molecule has 0 aliphatic carbocycles. The molecule has 0 saturated heterocycles. The molecule has 0 aliphatic heterocycles. The second-order valence-electron chi connectivity index (χ2n) is 10.6. The number of aliphatic hydroxyl groups is 1. The smallest absolute Gasteiger partial charge is 0.349 e. The van der Waals surface area contributed by atoms with E-state index in [1.165, 1.54) is 4.57 Å². The van der Waals surface area contributed by atoms with Gasteiger partial charge in [-0.3, -0.25) is 4.57 Å². The van der Waals surface area contributed by atoms with Crippen LogP contribution in [0.1, 0.15) is 30.5 Å². The van der Waals surface area contributed by atoms with Gasteiger partial charge in [0.1, 0.15) is 29.0 Å². The lowest BCUT2D eigenvalue weighted by Crippen LogP contribution is -2.37. The topological polar surface area (TPSA) is 104 Å². The summed E-state index contributed by atoms with van der Waals surface area (Å²) in [7, 11) is 3.26. The minimum absolute atomic E-state index is 0.0780. The summed E-state index contributed by atoms with van der Waals surface area (Å²) >= 11 is 0. The number of ether oxygens (including phenoxy) is 4. The Morgan fingerprint density at radius 1 is 0.860 bits per heavy atom. The molecule has 1 aromatic heterocycles. The Kier molecular flexibility index (Phi) is 11.3. The Morgan fingerprint density at radius 2 is 1.44 bits per heavy atom. The zero-order valence-electron chi connectivity index (χ0n) is 25.2. The van der Waals surface area contributed by atoms with Gasteiger partial charge in [-0.25, -0.2) is 4.79 Å². The Morgan fingerprint density at radius 3 is 1.95 bits per heavy atom. The average molecular weight is 588 g/mol. The normalized spacial score (nSPS) is 12.2. The predicted molar refractivity (Wildman–Crippen MR) is 167 cm³/mol. The molecule has 3 aromatic carbocycles. The van der Waals surface area contributed by atoms with Gasteiger partial charge in [0, 0.05) is 12.7 Å². The largest absolute Gasteiger partial charge is 0.497 e. The van der Waals surface area contributed by atoms with Crippen molar-refractivity contribution in [3.8, 4) is 11.5 Å². The van der Waals surface area contributed by atoms with Crippen LogP contribution in [0.15, 0.2) is 95.9 Å². The Bertz CT molecular complexity index is 1410. The van der Waals surface area contributed by atoms with Crippen molar-refractivity contribution in [3.63, 3.8) is 0 Å². The second-order valence-corrected chi connectivity index (χ2v) is 10.6. The van der Waals surface area contributed by atoms with Crippen LogP contribution in [-0.4, -0.2) is 61.3 Å². The van der Waals surface area contributed by atoms with E-state index in [0.29, 0.717) is 11.7 Å². The van der Waals surface area contributed by atoms with Crippen molar-refractivity contribution in [3.05, 3.63) is 118 Å². The number of nitrogens with zero attached hydrogens (tertiary/aromatic N) is 2. The molecular weight excluding hydrogens is 546 g/mol. The number of hydrogen-bond donors (Lipinski definition) is 2. The summed E-state index contributed by atoms with van der Waals surface area (Å²) < 4.78 is 25.2. The van der Waals surface area contributed by atoms with E-state index in [2.05, 4.69) is 24.1 Å². The fraction of sp³-hybridized carbons (Fsp3) is 0.353. The van der Waals surface area contributed by atoms with E-state index in [0.717, 1.165) is 34.7 Å². The van der Waals surface area contributed by atoms with E-state index in [1.54, 1.807) is 26.5 Å². The number of aromatic nitrogens is 2. The van der Waals surface area contributed by atoms with Crippen molar-refractivity contribution in [1.29, 1.82) is 0 Å². The van der Waals surface area contributed by atoms with E-state index in [9.17, 15) is 9.90 Å². The minimum Gasteiger partial charge on any atom is -0.497 e. The first-order chi connectivity index (χ1) is 20.9. The third-order valence-corrected chi connectivity index (χ3v) is 7.11. The molecule has 228 valence electrons. The summed E-state index contributed by atoms with van der Waals surface area (Å²) in [6.45, 7) is 5.20. The number of aliphatic hydroxyl groups excluding tert-OH is 1. The molecule has 9 nitrogen and oxygen atoms in total. The molecule has 0 aliphatic rings. The van der Waals surface area contributed by atoms with E-state index in [-0.39, 0.29) is 32.1 Å². The zero-order chi connectivity index (χ0) is 30.7. The Labute approximate surface area is 253 Å². The molecule has 43 heavy (non-hydrogen) atoms. The molecular formula is C34H41N3O6. The van der Waals surface area contributed by atoms with Crippen LogP contribution >= 0.6 is 0 Å². The number of hydrogen-bond acceptors (Lipinski definition) is 8. The van der Waals surface area contributed by atoms with Crippen LogP contribution in [0.25, 0.3) is 0 Å². The summed E-state index contributed by atoms with van der Waals surface area (Å²) in [6, 6.07) is 27.2. The van der Waals surface area contributed by atoms with Gasteiger partial charge >= 0.3 is 5.69 Å². The molecule has 0 saturated carbocycles. The third-order valence-electron chi connectivity index (χ3n) is 7.11. The Hall–Kier alpha value is -4.18. The molecule has 4 aromatic rings. The highest BCUT2D eigenvalue weighted by molar-refractivity contribution is 5.49. The molecule has 0 amide bonds. The van der Waals surface area contributed by atoms with Gasteiger partial charge in [0.15, 0.2) is 0 Å². The lowest BCUT2D eigenvalue weighted by molar-refractivity contribution is -0.0821. The van der Waals surface area contributed by atoms with Gasteiger partial charge < -0.3 is 29.4 Å². The van der Waals surface area contributed by atoms with Crippen molar-refractivity contribution >= 4 is 5.82 Å². The van der Waals surface area contributed by atoms with E-state index in [4.69, 9.17) is 18.9 Å². The van der Waals surface area contributed by atoms with Crippen molar-refractivity contribution in [2.24, 2.45) is 5.92 Å². The number of rotatable bonds is 16. The molecule has 1 atom stereocenters. The van der Waals surface area contributed by atoms with Crippen LogP contribution in [0.2, 0.25) is 0 Å². The van der Waals surface area contributed by atoms with Gasteiger partial charge in [0.2, 0.25) is 0 Å². The summed E-state index contributed by atoms with van der Waals surface area (Å²) in [4.78, 5) is 16.6. The highest BCUT2D eigenvalue weighted by atomic mass is 16.6. The summed E-state index contributed by atoms with van der Waals surface area (Å²) in [5.74, 6) is 2.44. The van der Waals surface area contributed by atoms with Gasteiger partial charge in [-0.2, -0.15) is 4.98 Å². The van der Waals surface area contributed by atoms with Gasteiger partial charge in [-0.15, -0.1) is 0 Å². The highest BCUT2D eigenvalue weighted by Crippen LogP contribution is 2.41. The quantitative estimate of drug-likeness (QED) is 0.182. The molecule has 2 N–H and O–H groups in total. The lowest BCUT2D eigenvalue weighted by atomic mass is 9.80. The molecule has 9 heteroatoms. The van der Waals surface area contributed by atoms with Crippen molar-refractivity contribution in [2.45, 2.75) is 32.1 Å². The summed E-state index contributed by atoms with van der Waals surface area (Å²) in [6.07, 6.45) is 1.05. The molecule has 1 heterocycles. The van der Waals surface area contributed by atoms with Gasteiger partial charge in [0.05, 0.1) is 40.6 Å². The Balaban J connectivity index is 1.56. The van der Waals surface area contributed by atoms with E-state index in [1.807, 2.05) is 78.9 Å². The van der Waals surface area contributed by atoms with Crippen molar-refractivity contribution in [1.82, 2.24) is 9.55 Å². The molecule has 0 bridgehead atoms.